The zero-order chi connectivity index (χ0) is 14.6. The highest BCUT2D eigenvalue weighted by Gasteiger charge is 2.21. The molecule has 1 N–H and O–H groups in total. The van der Waals surface area contributed by atoms with Gasteiger partial charge >= 0.3 is 5.69 Å². The van der Waals surface area contributed by atoms with Gasteiger partial charge in [0.15, 0.2) is 11.9 Å². The number of nitro benzene ring substituents is 1. The Hall–Kier alpha value is -1.82. The summed E-state index contributed by atoms with van der Waals surface area (Å²) in [6.07, 6.45) is -0.831. The number of nitro groups is 1. The molecule has 0 aliphatic carbocycles. The van der Waals surface area contributed by atoms with Gasteiger partial charge in [-0.3, -0.25) is 14.9 Å². The van der Waals surface area contributed by atoms with Crippen molar-refractivity contribution < 1.29 is 14.5 Å². The van der Waals surface area contributed by atoms with Crippen molar-refractivity contribution in [1.29, 1.82) is 0 Å². The maximum atomic E-state index is 11.7. The van der Waals surface area contributed by atoms with Crippen LogP contribution in [0.4, 0.5) is 5.69 Å². The lowest BCUT2D eigenvalue weighted by Gasteiger charge is -2.16. The van der Waals surface area contributed by atoms with Crippen molar-refractivity contribution in [1.82, 2.24) is 5.32 Å². The summed E-state index contributed by atoms with van der Waals surface area (Å²) >= 11 is 5.69. The Bertz CT molecular complexity index is 491. The van der Waals surface area contributed by atoms with Crippen LogP contribution in [0.25, 0.3) is 0 Å². The monoisotopic (exact) mass is 286 g/mol. The molecule has 1 aromatic carbocycles. The number of nitrogens with one attached hydrogen (secondary N) is 1. The minimum absolute atomic E-state index is 0.0146. The number of ether oxygens (including phenoxy) is 1. The van der Waals surface area contributed by atoms with E-state index in [-0.39, 0.29) is 28.4 Å². The highest BCUT2D eigenvalue weighted by atomic mass is 35.5. The van der Waals surface area contributed by atoms with Crippen LogP contribution >= 0.6 is 11.6 Å². The number of amides is 1. The minimum atomic E-state index is -0.831. The molecular weight excluding hydrogens is 272 g/mol. The van der Waals surface area contributed by atoms with E-state index in [0.29, 0.717) is 0 Å². The van der Waals surface area contributed by atoms with Crippen LogP contribution in [0, 0.1) is 10.1 Å². The van der Waals surface area contributed by atoms with E-state index in [1.807, 2.05) is 13.8 Å². The SMILES string of the molecule is CC(C)NC(=O)[C@H](C)Oc1ccc(Cl)cc1[N+](=O)[O-]. The molecular formula is C12H15ClN2O4. The van der Waals surface area contributed by atoms with Gasteiger partial charge in [0.1, 0.15) is 0 Å². The Morgan fingerprint density at radius 2 is 2.05 bits per heavy atom. The van der Waals surface area contributed by atoms with Crippen molar-refractivity contribution in [2.45, 2.75) is 32.9 Å². The standard InChI is InChI=1S/C12H15ClN2O4/c1-7(2)14-12(16)8(3)19-11-5-4-9(13)6-10(11)15(17)18/h4-8H,1-3H3,(H,14,16)/t8-/m0/s1. The molecule has 0 spiro atoms. The first kappa shape index (κ1) is 15.2. The molecule has 0 fully saturated rings. The van der Waals surface area contributed by atoms with E-state index >= 15 is 0 Å². The van der Waals surface area contributed by atoms with Crippen LogP contribution in [0.1, 0.15) is 20.8 Å². The van der Waals surface area contributed by atoms with Crippen LogP contribution in [0.15, 0.2) is 18.2 Å². The van der Waals surface area contributed by atoms with E-state index in [1.54, 1.807) is 0 Å². The van der Waals surface area contributed by atoms with Gasteiger partial charge in [0.2, 0.25) is 0 Å². The molecule has 6 nitrogen and oxygen atoms in total. The zero-order valence-corrected chi connectivity index (χ0v) is 11.6. The molecule has 1 amide bonds. The highest BCUT2D eigenvalue weighted by Crippen LogP contribution is 2.30. The summed E-state index contributed by atoms with van der Waals surface area (Å²) in [7, 11) is 0. The van der Waals surface area contributed by atoms with Crippen LogP contribution in [0.2, 0.25) is 5.02 Å². The van der Waals surface area contributed by atoms with Crippen LogP contribution in [-0.2, 0) is 4.79 Å². The molecule has 0 aliphatic heterocycles. The normalized spacial score (nSPS) is 12.1. The molecule has 0 saturated carbocycles. The van der Waals surface area contributed by atoms with Gasteiger partial charge in [0, 0.05) is 17.1 Å². The molecule has 1 aromatic rings. The summed E-state index contributed by atoms with van der Waals surface area (Å²) in [5.74, 6) is -0.319. The smallest absolute Gasteiger partial charge is 0.312 e. The van der Waals surface area contributed by atoms with Gasteiger partial charge in [-0.2, -0.15) is 0 Å². The Morgan fingerprint density at radius 1 is 1.42 bits per heavy atom. The van der Waals surface area contributed by atoms with E-state index in [1.165, 1.54) is 25.1 Å². The van der Waals surface area contributed by atoms with Crippen molar-refractivity contribution in [3.8, 4) is 5.75 Å². The lowest BCUT2D eigenvalue weighted by atomic mass is 10.2. The van der Waals surface area contributed by atoms with Gasteiger partial charge < -0.3 is 10.1 Å². The molecule has 0 unspecified atom stereocenters. The average Bonchev–Trinajstić information content (AvgIpc) is 2.30. The molecule has 1 atom stereocenters. The lowest BCUT2D eigenvalue weighted by molar-refractivity contribution is -0.386. The third-order valence-corrected chi connectivity index (χ3v) is 2.46. The fraction of sp³-hybridized carbons (Fsp3) is 0.417. The Morgan fingerprint density at radius 3 is 2.58 bits per heavy atom. The predicted molar refractivity (Wildman–Crippen MR) is 71.5 cm³/mol. The van der Waals surface area contributed by atoms with Crippen molar-refractivity contribution in [2.75, 3.05) is 0 Å². The van der Waals surface area contributed by atoms with Gasteiger partial charge in [-0.1, -0.05) is 11.6 Å². The second-order valence-electron chi connectivity index (χ2n) is 4.29. The van der Waals surface area contributed by atoms with Gasteiger partial charge in [0.05, 0.1) is 4.92 Å². The maximum absolute atomic E-state index is 11.7. The summed E-state index contributed by atoms with van der Waals surface area (Å²) in [5, 5.41) is 13.8. The first-order valence-electron chi connectivity index (χ1n) is 5.72. The van der Waals surface area contributed by atoms with E-state index in [0.717, 1.165) is 0 Å². The topological polar surface area (TPSA) is 81.5 Å². The Balaban J connectivity index is 2.87. The quantitative estimate of drug-likeness (QED) is 0.666. The number of hydrogen-bond donors (Lipinski definition) is 1. The first-order valence-corrected chi connectivity index (χ1v) is 6.10. The summed E-state index contributed by atoms with van der Waals surface area (Å²) < 4.78 is 5.31. The van der Waals surface area contributed by atoms with E-state index in [2.05, 4.69) is 5.32 Å². The number of carbonyl (C=O) groups excluding carboxylic acids is 1. The molecule has 0 aliphatic rings. The fourth-order valence-electron chi connectivity index (χ4n) is 1.38. The predicted octanol–water partition coefficient (Wildman–Crippen LogP) is 2.54. The minimum Gasteiger partial charge on any atom is -0.474 e. The first-order chi connectivity index (χ1) is 8.81. The molecule has 0 bridgehead atoms. The van der Waals surface area contributed by atoms with Crippen molar-refractivity contribution >= 4 is 23.2 Å². The molecule has 19 heavy (non-hydrogen) atoms. The summed E-state index contributed by atoms with van der Waals surface area (Å²) in [6.45, 7) is 5.15. The molecule has 104 valence electrons. The maximum Gasteiger partial charge on any atom is 0.312 e. The number of carbonyl (C=O) groups is 1. The second kappa shape index (κ2) is 6.38. The van der Waals surface area contributed by atoms with Gasteiger partial charge in [-0.05, 0) is 32.9 Å². The van der Waals surface area contributed by atoms with Crippen LogP contribution in [0.5, 0.6) is 5.75 Å². The number of hydrogen-bond acceptors (Lipinski definition) is 4. The van der Waals surface area contributed by atoms with Crippen LogP contribution in [-0.4, -0.2) is 23.0 Å². The van der Waals surface area contributed by atoms with Crippen molar-refractivity contribution in [2.24, 2.45) is 0 Å². The average molecular weight is 287 g/mol. The molecule has 0 aromatic heterocycles. The molecule has 0 saturated heterocycles. The Labute approximate surface area is 115 Å². The second-order valence-corrected chi connectivity index (χ2v) is 4.73. The van der Waals surface area contributed by atoms with Crippen molar-refractivity contribution in [3.63, 3.8) is 0 Å². The number of nitrogens with zero attached hydrogens (tertiary/aromatic N) is 1. The largest absolute Gasteiger partial charge is 0.474 e. The number of rotatable bonds is 5. The fourth-order valence-corrected chi connectivity index (χ4v) is 1.55. The number of halogens is 1. The highest BCUT2D eigenvalue weighted by molar-refractivity contribution is 6.30. The molecule has 1 rings (SSSR count). The Kier molecular flexibility index (Phi) is 5.11. The van der Waals surface area contributed by atoms with Gasteiger partial charge in [-0.25, -0.2) is 0 Å². The van der Waals surface area contributed by atoms with Crippen LogP contribution in [0.3, 0.4) is 0 Å². The van der Waals surface area contributed by atoms with Gasteiger partial charge in [0.25, 0.3) is 5.91 Å². The summed E-state index contributed by atoms with van der Waals surface area (Å²) in [6, 6.07) is 4.00. The third-order valence-electron chi connectivity index (χ3n) is 2.22. The van der Waals surface area contributed by atoms with E-state index in [9.17, 15) is 14.9 Å². The third kappa shape index (κ3) is 4.40. The van der Waals surface area contributed by atoms with Gasteiger partial charge in [-0.15, -0.1) is 0 Å². The molecule has 0 radical (unpaired) electrons. The van der Waals surface area contributed by atoms with Crippen LogP contribution < -0.4 is 10.1 Å². The van der Waals surface area contributed by atoms with Crippen molar-refractivity contribution in [3.05, 3.63) is 33.3 Å². The van der Waals surface area contributed by atoms with E-state index < -0.39 is 11.0 Å². The zero-order valence-electron chi connectivity index (χ0n) is 10.8. The lowest BCUT2D eigenvalue weighted by Crippen LogP contribution is -2.40. The summed E-state index contributed by atoms with van der Waals surface area (Å²) in [5.41, 5.74) is -0.267. The van der Waals surface area contributed by atoms with E-state index in [4.69, 9.17) is 16.3 Å². The number of benzene rings is 1. The molecule has 0 heterocycles. The summed E-state index contributed by atoms with van der Waals surface area (Å²) in [4.78, 5) is 21.9. The molecule has 7 heteroatoms.